The molecule has 18 heavy (non-hydrogen) atoms. The highest BCUT2D eigenvalue weighted by Gasteiger charge is 2.16. The van der Waals surface area contributed by atoms with Gasteiger partial charge in [-0.3, -0.25) is 5.84 Å². The van der Waals surface area contributed by atoms with Crippen molar-refractivity contribution in [3.63, 3.8) is 0 Å². The van der Waals surface area contributed by atoms with Gasteiger partial charge in [-0.1, -0.05) is 40.2 Å². The first kappa shape index (κ1) is 13.2. The van der Waals surface area contributed by atoms with E-state index in [1.54, 1.807) is 6.07 Å². The molecule has 94 valence electrons. The first-order chi connectivity index (χ1) is 8.63. The summed E-state index contributed by atoms with van der Waals surface area (Å²) in [4.78, 5) is 0. The van der Waals surface area contributed by atoms with Gasteiger partial charge in [-0.15, -0.1) is 0 Å². The largest absolute Gasteiger partial charge is 0.271 e. The second kappa shape index (κ2) is 5.61. The van der Waals surface area contributed by atoms with Gasteiger partial charge in [-0.25, -0.2) is 9.82 Å². The Balaban J connectivity index is 2.49. The number of halogens is 2. The fourth-order valence-electron chi connectivity index (χ4n) is 1.99. The lowest BCUT2D eigenvalue weighted by Crippen LogP contribution is -2.29. The molecule has 2 aromatic carbocycles. The summed E-state index contributed by atoms with van der Waals surface area (Å²) in [5.41, 5.74) is 5.66. The van der Waals surface area contributed by atoms with Crippen molar-refractivity contribution in [2.24, 2.45) is 5.84 Å². The Hall–Kier alpha value is -1.23. The zero-order chi connectivity index (χ0) is 13.1. The highest BCUT2D eigenvalue weighted by atomic mass is 79.9. The molecular formula is C14H14BrFN2. The molecule has 0 saturated heterocycles. The molecule has 2 nitrogen and oxygen atoms in total. The summed E-state index contributed by atoms with van der Waals surface area (Å²) in [5.74, 6) is 5.35. The van der Waals surface area contributed by atoms with Crippen LogP contribution in [0.15, 0.2) is 46.9 Å². The monoisotopic (exact) mass is 308 g/mol. The molecule has 1 unspecified atom stereocenters. The molecule has 0 spiro atoms. The number of rotatable bonds is 3. The third-order valence-electron chi connectivity index (χ3n) is 2.97. The Morgan fingerprint density at radius 3 is 2.61 bits per heavy atom. The van der Waals surface area contributed by atoms with Crippen LogP contribution in [0.1, 0.15) is 22.7 Å². The summed E-state index contributed by atoms with van der Waals surface area (Å²) in [5, 5.41) is 0. The Labute approximate surface area is 114 Å². The van der Waals surface area contributed by atoms with Crippen molar-refractivity contribution >= 4 is 15.9 Å². The second-order valence-electron chi connectivity index (χ2n) is 4.11. The summed E-state index contributed by atoms with van der Waals surface area (Å²) in [6.45, 7) is 2.00. The molecule has 3 N–H and O–H groups in total. The molecule has 0 saturated carbocycles. The van der Waals surface area contributed by atoms with Crippen molar-refractivity contribution in [1.29, 1.82) is 0 Å². The van der Waals surface area contributed by atoms with E-state index in [-0.39, 0.29) is 11.9 Å². The van der Waals surface area contributed by atoms with Crippen LogP contribution in [0, 0.1) is 12.7 Å². The SMILES string of the molecule is Cc1c(Br)cccc1C(NN)c1cccc(F)c1. The summed E-state index contributed by atoms with van der Waals surface area (Å²) in [6.07, 6.45) is 0. The highest BCUT2D eigenvalue weighted by Crippen LogP contribution is 2.28. The van der Waals surface area contributed by atoms with E-state index in [1.165, 1.54) is 12.1 Å². The number of benzene rings is 2. The number of nitrogens with two attached hydrogens (primary N) is 1. The number of nitrogens with one attached hydrogen (secondary N) is 1. The maximum Gasteiger partial charge on any atom is 0.123 e. The lowest BCUT2D eigenvalue weighted by molar-refractivity contribution is 0.604. The molecule has 0 aliphatic heterocycles. The molecule has 0 aromatic heterocycles. The van der Waals surface area contributed by atoms with Crippen LogP contribution in [0.3, 0.4) is 0 Å². The molecule has 0 bridgehead atoms. The van der Waals surface area contributed by atoms with Crippen molar-refractivity contribution in [3.8, 4) is 0 Å². The maximum absolute atomic E-state index is 13.3. The third kappa shape index (κ3) is 2.61. The Morgan fingerprint density at radius 1 is 1.22 bits per heavy atom. The quantitative estimate of drug-likeness (QED) is 0.673. The van der Waals surface area contributed by atoms with Gasteiger partial charge in [0, 0.05) is 4.47 Å². The minimum Gasteiger partial charge on any atom is -0.271 e. The van der Waals surface area contributed by atoms with E-state index in [2.05, 4.69) is 21.4 Å². The topological polar surface area (TPSA) is 38.0 Å². The van der Waals surface area contributed by atoms with Crippen LogP contribution in [-0.4, -0.2) is 0 Å². The van der Waals surface area contributed by atoms with Crippen LogP contribution >= 0.6 is 15.9 Å². The summed E-state index contributed by atoms with van der Waals surface area (Å²) in [7, 11) is 0. The van der Waals surface area contributed by atoms with E-state index in [0.717, 1.165) is 21.2 Å². The zero-order valence-corrected chi connectivity index (χ0v) is 11.5. The smallest absolute Gasteiger partial charge is 0.123 e. The van der Waals surface area contributed by atoms with Crippen LogP contribution in [-0.2, 0) is 0 Å². The van der Waals surface area contributed by atoms with Gasteiger partial charge in [0.25, 0.3) is 0 Å². The predicted molar refractivity (Wildman–Crippen MR) is 74.4 cm³/mol. The Morgan fingerprint density at radius 2 is 1.94 bits per heavy atom. The molecule has 0 fully saturated rings. The van der Waals surface area contributed by atoms with E-state index in [1.807, 2.05) is 31.2 Å². The average molecular weight is 309 g/mol. The van der Waals surface area contributed by atoms with Gasteiger partial charge in [-0.2, -0.15) is 0 Å². The molecule has 2 aromatic rings. The summed E-state index contributed by atoms with van der Waals surface area (Å²) in [6, 6.07) is 12.1. The van der Waals surface area contributed by atoms with E-state index < -0.39 is 0 Å². The molecule has 4 heteroatoms. The Bertz CT molecular complexity index is 557. The molecule has 0 amide bonds. The number of hydrogen-bond acceptors (Lipinski definition) is 2. The molecule has 2 rings (SSSR count). The van der Waals surface area contributed by atoms with Gasteiger partial charge in [0.15, 0.2) is 0 Å². The lowest BCUT2D eigenvalue weighted by Gasteiger charge is -2.19. The van der Waals surface area contributed by atoms with Crippen LogP contribution in [0.4, 0.5) is 4.39 Å². The summed E-state index contributed by atoms with van der Waals surface area (Å²) < 4.78 is 14.3. The minimum atomic E-state index is -0.264. The molecular weight excluding hydrogens is 295 g/mol. The van der Waals surface area contributed by atoms with E-state index in [0.29, 0.717) is 0 Å². The van der Waals surface area contributed by atoms with Crippen LogP contribution < -0.4 is 11.3 Å². The molecule has 0 aliphatic rings. The van der Waals surface area contributed by atoms with Crippen LogP contribution in [0.5, 0.6) is 0 Å². The average Bonchev–Trinajstić information content (AvgIpc) is 2.35. The van der Waals surface area contributed by atoms with E-state index >= 15 is 0 Å². The number of hydrogen-bond donors (Lipinski definition) is 2. The van der Waals surface area contributed by atoms with Gasteiger partial charge in [0.05, 0.1) is 6.04 Å². The fourth-order valence-corrected chi connectivity index (χ4v) is 2.37. The van der Waals surface area contributed by atoms with Gasteiger partial charge in [0.2, 0.25) is 0 Å². The third-order valence-corrected chi connectivity index (χ3v) is 3.83. The number of hydrazine groups is 1. The summed E-state index contributed by atoms with van der Waals surface area (Å²) >= 11 is 3.49. The van der Waals surface area contributed by atoms with E-state index in [4.69, 9.17) is 5.84 Å². The lowest BCUT2D eigenvalue weighted by atomic mass is 9.95. The van der Waals surface area contributed by atoms with Crippen molar-refractivity contribution < 1.29 is 4.39 Å². The molecule has 0 heterocycles. The fraction of sp³-hybridized carbons (Fsp3) is 0.143. The Kier molecular flexibility index (Phi) is 4.11. The van der Waals surface area contributed by atoms with E-state index in [9.17, 15) is 4.39 Å². The predicted octanol–water partition coefficient (Wildman–Crippen LogP) is 3.45. The second-order valence-corrected chi connectivity index (χ2v) is 4.96. The van der Waals surface area contributed by atoms with Crippen molar-refractivity contribution in [2.75, 3.05) is 0 Å². The molecule has 0 radical (unpaired) electrons. The van der Waals surface area contributed by atoms with Gasteiger partial charge in [0.1, 0.15) is 5.82 Å². The van der Waals surface area contributed by atoms with Crippen molar-refractivity contribution in [3.05, 3.63) is 69.4 Å². The molecule has 1 atom stereocenters. The first-order valence-corrected chi connectivity index (χ1v) is 6.39. The minimum absolute atomic E-state index is 0.224. The van der Waals surface area contributed by atoms with Gasteiger partial charge >= 0.3 is 0 Å². The maximum atomic E-state index is 13.3. The molecule has 0 aliphatic carbocycles. The van der Waals surface area contributed by atoms with Crippen LogP contribution in [0.25, 0.3) is 0 Å². The van der Waals surface area contributed by atoms with Crippen LogP contribution in [0.2, 0.25) is 0 Å². The van der Waals surface area contributed by atoms with Gasteiger partial charge in [-0.05, 0) is 41.8 Å². The van der Waals surface area contributed by atoms with Crippen molar-refractivity contribution in [2.45, 2.75) is 13.0 Å². The zero-order valence-electron chi connectivity index (χ0n) is 9.95. The normalized spacial score (nSPS) is 12.4. The standard InChI is InChI=1S/C14H14BrFN2/c1-9-12(6-3-7-13(9)15)14(18-17)10-4-2-5-11(16)8-10/h2-8,14,18H,17H2,1H3. The van der Waals surface area contributed by atoms with Crippen molar-refractivity contribution in [1.82, 2.24) is 5.43 Å². The highest BCUT2D eigenvalue weighted by molar-refractivity contribution is 9.10. The van der Waals surface area contributed by atoms with Gasteiger partial charge < -0.3 is 0 Å². The first-order valence-electron chi connectivity index (χ1n) is 5.60.